The van der Waals surface area contributed by atoms with E-state index in [4.69, 9.17) is 8.94 Å². The number of carbonyl (C=O) groups is 1. The average Bonchev–Trinajstić information content (AvgIpc) is 3.34. The first kappa shape index (κ1) is 18.4. The van der Waals surface area contributed by atoms with Gasteiger partial charge in [0.25, 0.3) is 11.6 Å². The molecule has 0 aliphatic heterocycles. The molecule has 3 aromatic heterocycles. The van der Waals surface area contributed by atoms with E-state index in [0.717, 1.165) is 4.47 Å². The molecule has 6 nitrogen and oxygen atoms in total. The topological polar surface area (TPSA) is 72.4 Å². The van der Waals surface area contributed by atoms with Crippen LogP contribution in [0.1, 0.15) is 21.6 Å². The maximum Gasteiger partial charge on any atom is 0.259 e. The van der Waals surface area contributed by atoms with Gasteiger partial charge in [-0.1, -0.05) is 21.1 Å². The van der Waals surface area contributed by atoms with Gasteiger partial charge in [0.1, 0.15) is 11.5 Å². The van der Waals surface area contributed by atoms with Gasteiger partial charge in [-0.15, -0.1) is 0 Å². The van der Waals surface area contributed by atoms with Crippen molar-refractivity contribution in [3.63, 3.8) is 0 Å². The summed E-state index contributed by atoms with van der Waals surface area (Å²) in [5.74, 6) is -0.170. The summed E-state index contributed by atoms with van der Waals surface area (Å²) in [7, 11) is 1.62. The number of hydrogen-bond donors (Lipinski definition) is 0. The van der Waals surface area contributed by atoms with E-state index >= 15 is 0 Å². The monoisotopic (exact) mass is 443 g/mol. The molecule has 4 aromatic rings. The molecular weight excluding hydrogens is 429 g/mol. The van der Waals surface area contributed by atoms with Gasteiger partial charge in [-0.2, -0.15) is 0 Å². The van der Waals surface area contributed by atoms with Crippen molar-refractivity contribution in [2.24, 2.45) is 0 Å². The van der Waals surface area contributed by atoms with Crippen LogP contribution in [0.5, 0.6) is 0 Å². The zero-order valence-electron chi connectivity index (χ0n) is 15.1. The van der Waals surface area contributed by atoms with Gasteiger partial charge in [-0.25, -0.2) is 9.37 Å². The Bertz CT molecular complexity index is 1170. The van der Waals surface area contributed by atoms with E-state index in [1.54, 1.807) is 44.3 Å². The van der Waals surface area contributed by atoms with Gasteiger partial charge in [0.05, 0.1) is 22.9 Å². The Morgan fingerprint density at radius 1 is 1.29 bits per heavy atom. The second-order valence-corrected chi connectivity index (χ2v) is 7.29. The number of amides is 1. The number of fused-ring (bicyclic) bond motifs is 1. The number of pyridine rings is 1. The van der Waals surface area contributed by atoms with Crippen LogP contribution in [-0.4, -0.2) is 28.0 Å². The van der Waals surface area contributed by atoms with Crippen LogP contribution in [0.15, 0.2) is 56.1 Å². The number of aromatic nitrogens is 2. The van der Waals surface area contributed by atoms with Gasteiger partial charge >= 0.3 is 0 Å². The first-order valence-electron chi connectivity index (χ1n) is 8.44. The molecule has 3 heterocycles. The third kappa shape index (κ3) is 3.31. The molecular formula is C20H15BrFN3O3. The number of benzene rings is 1. The van der Waals surface area contributed by atoms with E-state index < -0.39 is 0 Å². The van der Waals surface area contributed by atoms with Gasteiger partial charge in [0.15, 0.2) is 5.76 Å². The first-order valence-corrected chi connectivity index (χ1v) is 9.23. The zero-order valence-corrected chi connectivity index (χ0v) is 16.7. The summed E-state index contributed by atoms with van der Waals surface area (Å²) in [6, 6.07) is 9.75. The van der Waals surface area contributed by atoms with Crippen molar-refractivity contribution in [1.82, 2.24) is 15.0 Å². The SMILES string of the molecule is Cc1noc2nc(-c3ccco3)cc(C(=O)N(C)Cc3cc(Br)ccc3F)c12. The molecule has 0 aliphatic carbocycles. The predicted octanol–water partition coefficient (Wildman–Crippen LogP) is 4.97. The van der Waals surface area contributed by atoms with Crippen molar-refractivity contribution in [2.45, 2.75) is 13.5 Å². The van der Waals surface area contributed by atoms with Crippen LogP contribution in [0, 0.1) is 12.7 Å². The van der Waals surface area contributed by atoms with Crippen LogP contribution in [0.4, 0.5) is 4.39 Å². The quantitative estimate of drug-likeness (QED) is 0.445. The maximum absolute atomic E-state index is 14.1. The summed E-state index contributed by atoms with van der Waals surface area (Å²) in [6.07, 6.45) is 1.52. The fourth-order valence-electron chi connectivity index (χ4n) is 3.01. The lowest BCUT2D eigenvalue weighted by Gasteiger charge is -2.18. The summed E-state index contributed by atoms with van der Waals surface area (Å²) in [6.45, 7) is 1.85. The highest BCUT2D eigenvalue weighted by Gasteiger charge is 2.23. The Balaban J connectivity index is 1.75. The second kappa shape index (κ2) is 7.20. The summed E-state index contributed by atoms with van der Waals surface area (Å²) in [5.41, 5.74) is 2.03. The highest BCUT2D eigenvalue weighted by molar-refractivity contribution is 9.10. The molecule has 0 atom stereocenters. The molecule has 8 heteroatoms. The third-order valence-corrected chi connectivity index (χ3v) is 4.88. The van der Waals surface area contributed by atoms with E-state index in [-0.39, 0.29) is 24.0 Å². The Morgan fingerprint density at radius 3 is 2.86 bits per heavy atom. The summed E-state index contributed by atoms with van der Waals surface area (Å²) < 4.78 is 25.5. The molecule has 1 amide bonds. The molecule has 1 aromatic carbocycles. The van der Waals surface area contributed by atoms with Crippen molar-refractivity contribution < 1.29 is 18.1 Å². The molecule has 0 aliphatic rings. The molecule has 0 saturated carbocycles. The van der Waals surface area contributed by atoms with Crippen molar-refractivity contribution >= 4 is 32.9 Å². The van der Waals surface area contributed by atoms with Gasteiger partial charge in [-0.05, 0) is 43.3 Å². The number of hydrogen-bond acceptors (Lipinski definition) is 5. The van der Waals surface area contributed by atoms with Crippen LogP contribution in [0.3, 0.4) is 0 Å². The highest BCUT2D eigenvalue weighted by Crippen LogP contribution is 2.28. The maximum atomic E-state index is 14.1. The molecule has 142 valence electrons. The molecule has 0 fully saturated rings. The van der Waals surface area contributed by atoms with Crippen LogP contribution in [-0.2, 0) is 6.54 Å². The van der Waals surface area contributed by atoms with Crippen LogP contribution in [0.25, 0.3) is 22.6 Å². The van der Waals surface area contributed by atoms with E-state index in [1.165, 1.54) is 17.2 Å². The number of carbonyl (C=O) groups excluding carboxylic acids is 1. The normalized spacial score (nSPS) is 11.1. The zero-order chi connectivity index (χ0) is 19.8. The lowest BCUT2D eigenvalue weighted by Crippen LogP contribution is -2.27. The number of furan rings is 1. The van der Waals surface area contributed by atoms with Crippen molar-refractivity contribution in [2.75, 3.05) is 7.05 Å². The van der Waals surface area contributed by atoms with Crippen LogP contribution in [0.2, 0.25) is 0 Å². The van der Waals surface area contributed by atoms with E-state index in [1.807, 2.05) is 0 Å². The van der Waals surface area contributed by atoms with E-state index in [2.05, 4.69) is 26.1 Å². The molecule has 0 saturated heterocycles. The van der Waals surface area contributed by atoms with Gasteiger partial charge < -0.3 is 13.8 Å². The molecule has 0 unspecified atom stereocenters. The minimum Gasteiger partial charge on any atom is -0.463 e. The Hall–Kier alpha value is -3.00. The molecule has 4 rings (SSSR count). The van der Waals surface area contributed by atoms with Gasteiger partial charge in [-0.3, -0.25) is 4.79 Å². The number of nitrogens with zero attached hydrogens (tertiary/aromatic N) is 3. The Kier molecular flexibility index (Phi) is 4.72. The molecule has 0 N–H and O–H groups in total. The molecule has 28 heavy (non-hydrogen) atoms. The fourth-order valence-corrected chi connectivity index (χ4v) is 3.42. The number of rotatable bonds is 4. The van der Waals surface area contributed by atoms with Crippen molar-refractivity contribution in [1.29, 1.82) is 0 Å². The molecule has 0 spiro atoms. The lowest BCUT2D eigenvalue weighted by molar-refractivity contribution is 0.0785. The summed E-state index contributed by atoms with van der Waals surface area (Å²) >= 11 is 3.33. The largest absolute Gasteiger partial charge is 0.463 e. The van der Waals surface area contributed by atoms with E-state index in [9.17, 15) is 9.18 Å². The second-order valence-electron chi connectivity index (χ2n) is 6.38. The molecule has 0 bridgehead atoms. The Morgan fingerprint density at radius 2 is 2.11 bits per heavy atom. The van der Waals surface area contributed by atoms with Crippen LogP contribution >= 0.6 is 15.9 Å². The van der Waals surface area contributed by atoms with Crippen molar-refractivity contribution in [3.05, 3.63) is 69.8 Å². The average molecular weight is 444 g/mol. The number of halogens is 2. The first-order chi connectivity index (χ1) is 13.4. The lowest BCUT2D eigenvalue weighted by atomic mass is 10.1. The van der Waals surface area contributed by atoms with Gasteiger partial charge in [0.2, 0.25) is 0 Å². The smallest absolute Gasteiger partial charge is 0.259 e. The Labute approximate surface area is 168 Å². The van der Waals surface area contributed by atoms with Crippen LogP contribution < -0.4 is 0 Å². The number of aryl methyl sites for hydroxylation is 1. The minimum absolute atomic E-state index is 0.105. The standard InChI is InChI=1S/C20H15BrFN3O3/c1-11-18-14(9-16(17-4-3-7-27-17)23-19(18)28-24-11)20(26)25(2)10-12-8-13(21)5-6-15(12)22/h3-9H,10H2,1-2H3. The predicted molar refractivity (Wildman–Crippen MR) is 104 cm³/mol. The fraction of sp³-hybridized carbons (Fsp3) is 0.150. The minimum atomic E-state index is -0.375. The summed E-state index contributed by atoms with van der Waals surface area (Å²) in [5, 5.41) is 4.45. The molecule has 0 radical (unpaired) electrons. The van der Waals surface area contributed by atoms with Gasteiger partial charge in [0, 0.05) is 23.6 Å². The van der Waals surface area contributed by atoms with E-state index in [0.29, 0.717) is 33.7 Å². The third-order valence-electron chi connectivity index (χ3n) is 4.38. The van der Waals surface area contributed by atoms with Crippen molar-refractivity contribution in [3.8, 4) is 11.5 Å². The summed E-state index contributed by atoms with van der Waals surface area (Å²) in [4.78, 5) is 19.0. The highest BCUT2D eigenvalue weighted by atomic mass is 79.9.